The Labute approximate surface area is 268 Å². The summed E-state index contributed by atoms with van der Waals surface area (Å²) in [7, 11) is 0. The van der Waals surface area contributed by atoms with Gasteiger partial charge in [0.05, 0.1) is 12.2 Å². The fraction of sp³-hybridized carbons (Fsp3) is 1.00. The van der Waals surface area contributed by atoms with E-state index in [9.17, 15) is 0 Å². The first kappa shape index (κ1) is 38.9. The number of alkyl halides is 2. The third kappa shape index (κ3) is 20.7. The number of halogens is 2. The van der Waals surface area contributed by atoms with Crippen molar-refractivity contribution in [1.29, 1.82) is 0 Å². The maximum absolute atomic E-state index is 7.05. The van der Waals surface area contributed by atoms with E-state index in [1.54, 1.807) is 0 Å². The van der Waals surface area contributed by atoms with Crippen LogP contribution in [0.2, 0.25) is 0 Å². The first-order valence-electron chi connectivity index (χ1n) is 18.2. The Kier molecular flexibility index (Phi) is 27.9. The Balaban J connectivity index is 2.65. The first-order chi connectivity index (χ1) is 19.7. The van der Waals surface area contributed by atoms with Crippen molar-refractivity contribution in [2.75, 3.05) is 10.7 Å². The Morgan fingerprint density at radius 3 is 1.05 bits per heavy atom. The minimum absolute atomic E-state index is 0.301. The zero-order chi connectivity index (χ0) is 29.0. The Hall–Kier alpha value is 0.880. The van der Waals surface area contributed by atoms with Gasteiger partial charge in [0.1, 0.15) is 0 Å². The van der Waals surface area contributed by atoms with Gasteiger partial charge in [0.2, 0.25) is 0 Å². The molecule has 0 bridgehead atoms. The topological polar surface area (TPSA) is 18.5 Å². The van der Waals surface area contributed by atoms with Crippen LogP contribution in [0.3, 0.4) is 0 Å². The molecule has 0 aliphatic carbocycles. The van der Waals surface area contributed by atoms with E-state index in [1.165, 1.54) is 173 Å². The number of rotatable bonds is 31. The molecule has 0 aromatic heterocycles. The summed E-state index contributed by atoms with van der Waals surface area (Å²) in [4.78, 5) is 0. The molecule has 1 unspecified atom stereocenters. The highest BCUT2D eigenvalue weighted by Gasteiger charge is 2.45. The normalized spacial score (nSPS) is 21.0. The second-order valence-electron chi connectivity index (χ2n) is 12.8. The highest BCUT2D eigenvalue weighted by Crippen LogP contribution is 2.41. The lowest BCUT2D eigenvalue weighted by molar-refractivity contribution is -0.187. The van der Waals surface area contributed by atoms with Gasteiger partial charge in [-0.05, 0) is 38.5 Å². The predicted molar refractivity (Wildman–Crippen MR) is 185 cm³/mol. The fourth-order valence-corrected chi connectivity index (χ4v) is 7.19. The number of unbranched alkanes of at least 4 members (excludes halogenated alkanes) is 21. The molecule has 0 radical (unpaired) electrons. The van der Waals surface area contributed by atoms with Gasteiger partial charge in [-0.2, -0.15) is 0 Å². The van der Waals surface area contributed by atoms with Gasteiger partial charge in [-0.15, -0.1) is 0 Å². The molecule has 1 aliphatic heterocycles. The van der Waals surface area contributed by atoms with Crippen LogP contribution in [0.1, 0.15) is 200 Å². The molecule has 1 saturated heterocycles. The fourth-order valence-electron chi connectivity index (χ4n) is 6.40. The predicted octanol–water partition coefficient (Wildman–Crippen LogP) is 13.6. The van der Waals surface area contributed by atoms with E-state index in [-0.39, 0.29) is 5.79 Å². The molecule has 0 N–H and O–H groups in total. The third-order valence-corrected chi connectivity index (χ3v) is 10.1. The summed E-state index contributed by atoms with van der Waals surface area (Å²) >= 11 is 7.16. The molecule has 3 atom stereocenters. The molecular formula is C36H70Br2O2. The second kappa shape index (κ2) is 28.6. The monoisotopic (exact) mass is 692 g/mol. The molecule has 0 aromatic carbocycles. The molecule has 0 spiro atoms. The molecule has 4 heteroatoms. The lowest BCUT2D eigenvalue weighted by Gasteiger charge is -2.29. The summed E-state index contributed by atoms with van der Waals surface area (Å²) in [5, 5.41) is 2.29. The summed E-state index contributed by atoms with van der Waals surface area (Å²) in [6.07, 6.45) is 39.0. The highest BCUT2D eigenvalue weighted by molar-refractivity contribution is 9.09. The third-order valence-electron chi connectivity index (χ3n) is 8.96. The lowest BCUT2D eigenvalue weighted by atomic mass is 9.99. The SMILES string of the molecule is CCCCCCCCCCC1(CCCCCCCBr)O[C@@H](CCCCCCCC)[C@H](CCCCCCCCBr)O1. The number of hydrogen-bond donors (Lipinski definition) is 0. The molecule has 1 fully saturated rings. The molecule has 0 amide bonds. The summed E-state index contributed by atoms with van der Waals surface area (Å²) in [6.45, 7) is 4.62. The molecule has 1 aliphatic rings. The molecule has 1 heterocycles. The van der Waals surface area contributed by atoms with Crippen LogP contribution in [0.15, 0.2) is 0 Å². The molecule has 1 rings (SSSR count). The Morgan fingerprint density at radius 2 is 0.700 bits per heavy atom. The smallest absolute Gasteiger partial charge is 0.169 e. The molecule has 0 saturated carbocycles. The molecule has 240 valence electrons. The van der Waals surface area contributed by atoms with Gasteiger partial charge < -0.3 is 9.47 Å². The number of hydrogen-bond acceptors (Lipinski definition) is 2. The van der Waals surface area contributed by atoms with Gasteiger partial charge in [0.15, 0.2) is 5.79 Å². The van der Waals surface area contributed by atoms with Crippen molar-refractivity contribution in [1.82, 2.24) is 0 Å². The van der Waals surface area contributed by atoms with E-state index in [0.29, 0.717) is 12.2 Å². The average Bonchev–Trinajstić information content (AvgIpc) is 3.30. The molecule has 0 aromatic rings. The number of ether oxygens (including phenoxy) is 2. The minimum Gasteiger partial charge on any atom is -0.344 e. The van der Waals surface area contributed by atoms with Crippen LogP contribution in [0.5, 0.6) is 0 Å². The van der Waals surface area contributed by atoms with Crippen molar-refractivity contribution in [2.24, 2.45) is 0 Å². The standard InChI is InChI=1S/C36H70Br2O2/c1-3-5-7-9-11-13-18-24-30-36(31-25-19-15-21-27-33-38)39-34(28-22-16-10-8-6-4-2)35(40-36)29-23-17-12-14-20-26-32-37/h34-35H,3-33H2,1-2H3/t34-,35-,36?/m0/s1. The first-order valence-corrected chi connectivity index (χ1v) is 20.4. The summed E-state index contributed by atoms with van der Waals surface area (Å²) in [5.74, 6) is -0.301. The van der Waals surface area contributed by atoms with E-state index < -0.39 is 0 Å². The zero-order valence-corrected chi connectivity index (χ0v) is 30.3. The Bertz CT molecular complexity index is 517. The summed E-state index contributed by atoms with van der Waals surface area (Å²) in [6, 6.07) is 0. The van der Waals surface area contributed by atoms with Gasteiger partial charge in [-0.1, -0.05) is 181 Å². The largest absolute Gasteiger partial charge is 0.344 e. The Morgan fingerprint density at radius 1 is 0.400 bits per heavy atom. The van der Waals surface area contributed by atoms with E-state index in [0.717, 1.165) is 23.5 Å². The van der Waals surface area contributed by atoms with Gasteiger partial charge in [-0.3, -0.25) is 0 Å². The van der Waals surface area contributed by atoms with Crippen molar-refractivity contribution in [3.63, 3.8) is 0 Å². The lowest BCUT2D eigenvalue weighted by Crippen LogP contribution is -2.31. The minimum atomic E-state index is -0.301. The highest BCUT2D eigenvalue weighted by atomic mass is 79.9. The molecule has 2 nitrogen and oxygen atoms in total. The van der Waals surface area contributed by atoms with E-state index in [1.807, 2.05) is 0 Å². The van der Waals surface area contributed by atoms with Gasteiger partial charge in [0, 0.05) is 23.5 Å². The molecular weight excluding hydrogens is 624 g/mol. The van der Waals surface area contributed by atoms with E-state index in [2.05, 4.69) is 45.7 Å². The van der Waals surface area contributed by atoms with Gasteiger partial charge >= 0.3 is 0 Å². The van der Waals surface area contributed by atoms with Crippen LogP contribution < -0.4 is 0 Å². The second-order valence-corrected chi connectivity index (χ2v) is 14.4. The van der Waals surface area contributed by atoms with Gasteiger partial charge in [-0.25, -0.2) is 0 Å². The average molecular weight is 695 g/mol. The van der Waals surface area contributed by atoms with Crippen LogP contribution in [0.4, 0.5) is 0 Å². The van der Waals surface area contributed by atoms with Gasteiger partial charge in [0.25, 0.3) is 0 Å². The van der Waals surface area contributed by atoms with E-state index in [4.69, 9.17) is 9.47 Å². The quantitative estimate of drug-likeness (QED) is 0.0531. The van der Waals surface area contributed by atoms with E-state index >= 15 is 0 Å². The summed E-state index contributed by atoms with van der Waals surface area (Å²) in [5.41, 5.74) is 0. The van der Waals surface area contributed by atoms with Crippen molar-refractivity contribution >= 4 is 31.9 Å². The van der Waals surface area contributed by atoms with Crippen LogP contribution in [0, 0.1) is 0 Å². The van der Waals surface area contributed by atoms with Crippen LogP contribution in [-0.4, -0.2) is 28.7 Å². The van der Waals surface area contributed by atoms with Crippen molar-refractivity contribution in [3.8, 4) is 0 Å². The maximum atomic E-state index is 7.05. The zero-order valence-electron chi connectivity index (χ0n) is 27.1. The van der Waals surface area contributed by atoms with Crippen molar-refractivity contribution < 1.29 is 9.47 Å². The van der Waals surface area contributed by atoms with Crippen molar-refractivity contribution in [2.45, 2.75) is 218 Å². The van der Waals surface area contributed by atoms with Crippen LogP contribution >= 0.6 is 31.9 Å². The maximum Gasteiger partial charge on any atom is 0.169 e. The summed E-state index contributed by atoms with van der Waals surface area (Å²) < 4.78 is 14.1. The van der Waals surface area contributed by atoms with Crippen LogP contribution in [-0.2, 0) is 9.47 Å². The van der Waals surface area contributed by atoms with Crippen LogP contribution in [0.25, 0.3) is 0 Å². The molecule has 40 heavy (non-hydrogen) atoms. The van der Waals surface area contributed by atoms with Crippen molar-refractivity contribution in [3.05, 3.63) is 0 Å².